The van der Waals surface area contributed by atoms with E-state index in [-0.39, 0.29) is 25.3 Å². The predicted octanol–water partition coefficient (Wildman–Crippen LogP) is 1.12. The molecule has 2 heterocycles. The molecule has 2 atom stereocenters. The molecule has 0 radical (unpaired) electrons. The number of hydrogen-bond acceptors (Lipinski definition) is 4. The number of carboxylic acid groups (broad SMARTS) is 1. The minimum absolute atomic E-state index is 0.0860. The van der Waals surface area contributed by atoms with Crippen LogP contribution in [0.3, 0.4) is 0 Å². The fourth-order valence-corrected chi connectivity index (χ4v) is 3.36. The Morgan fingerprint density at radius 2 is 2.25 bits per heavy atom. The highest BCUT2D eigenvalue weighted by Gasteiger charge is 2.46. The number of benzene rings is 1. The lowest BCUT2D eigenvalue weighted by Gasteiger charge is -2.24. The van der Waals surface area contributed by atoms with E-state index in [9.17, 15) is 14.7 Å². The molecule has 2 aliphatic heterocycles. The first-order valence-corrected chi connectivity index (χ1v) is 8.04. The van der Waals surface area contributed by atoms with Gasteiger partial charge in [-0.3, -0.25) is 4.79 Å². The lowest BCUT2D eigenvalue weighted by molar-refractivity contribution is -0.151. The molecule has 2 amide bonds. The first-order chi connectivity index (χ1) is 11.5. The highest BCUT2D eigenvalue weighted by molar-refractivity contribution is 5.80. The van der Waals surface area contributed by atoms with Crippen molar-refractivity contribution in [2.75, 3.05) is 33.4 Å². The molecule has 0 spiro atoms. The Balaban J connectivity index is 1.51. The van der Waals surface area contributed by atoms with Crippen molar-refractivity contribution in [3.8, 4) is 5.75 Å². The van der Waals surface area contributed by atoms with Crippen molar-refractivity contribution >= 4 is 12.0 Å². The van der Waals surface area contributed by atoms with Crippen molar-refractivity contribution in [1.29, 1.82) is 0 Å². The number of likely N-dealkylation sites (tertiary alicyclic amines) is 1. The lowest BCUT2D eigenvalue weighted by Crippen LogP contribution is -2.45. The number of urea groups is 1. The zero-order chi connectivity index (χ0) is 17.2. The van der Waals surface area contributed by atoms with Gasteiger partial charge < -0.3 is 24.8 Å². The molecule has 1 aromatic carbocycles. The number of carboxylic acids is 1. The molecule has 3 rings (SSSR count). The van der Waals surface area contributed by atoms with E-state index in [0.717, 1.165) is 17.7 Å². The summed E-state index contributed by atoms with van der Waals surface area (Å²) in [4.78, 5) is 25.4. The molecule has 2 N–H and O–H groups in total. The first-order valence-electron chi connectivity index (χ1n) is 8.04. The van der Waals surface area contributed by atoms with Crippen molar-refractivity contribution in [2.45, 2.75) is 18.9 Å². The van der Waals surface area contributed by atoms with Crippen LogP contribution in [0.5, 0.6) is 5.75 Å². The smallest absolute Gasteiger partial charge is 0.317 e. The molecule has 1 fully saturated rings. The maximum Gasteiger partial charge on any atom is 0.317 e. The van der Waals surface area contributed by atoms with E-state index in [0.29, 0.717) is 19.5 Å². The summed E-state index contributed by atoms with van der Waals surface area (Å²) in [7, 11) is 1.47. The predicted molar refractivity (Wildman–Crippen MR) is 86.1 cm³/mol. The molecule has 0 bridgehead atoms. The summed E-state index contributed by atoms with van der Waals surface area (Å²) in [5, 5.41) is 12.3. The Labute approximate surface area is 140 Å². The number of carbonyl (C=O) groups is 2. The number of amides is 2. The third kappa shape index (κ3) is 3.17. The van der Waals surface area contributed by atoms with Crippen LogP contribution in [-0.4, -0.2) is 61.5 Å². The van der Waals surface area contributed by atoms with Gasteiger partial charge in [0, 0.05) is 26.6 Å². The van der Waals surface area contributed by atoms with Crippen molar-refractivity contribution in [3.05, 3.63) is 29.8 Å². The summed E-state index contributed by atoms with van der Waals surface area (Å²) in [6.45, 7) is 1.07. The molecule has 1 saturated heterocycles. The second-order valence-electron chi connectivity index (χ2n) is 6.43. The average Bonchev–Trinajstić information content (AvgIpc) is 3.17. The highest BCUT2D eigenvalue weighted by Crippen LogP contribution is 2.31. The van der Waals surface area contributed by atoms with E-state index < -0.39 is 11.4 Å². The van der Waals surface area contributed by atoms with Gasteiger partial charge in [-0.25, -0.2) is 4.79 Å². The second kappa shape index (κ2) is 6.68. The number of para-hydroxylation sites is 1. The van der Waals surface area contributed by atoms with Crippen molar-refractivity contribution in [1.82, 2.24) is 10.2 Å². The number of methoxy groups -OCH3 is 1. The largest absolute Gasteiger partial charge is 0.488 e. The number of hydrogen-bond donors (Lipinski definition) is 2. The summed E-state index contributed by atoms with van der Waals surface area (Å²) in [5.74, 6) is -0.0582. The topological polar surface area (TPSA) is 88.1 Å². The Morgan fingerprint density at radius 3 is 2.96 bits per heavy atom. The van der Waals surface area contributed by atoms with Crippen LogP contribution in [0.2, 0.25) is 0 Å². The number of aliphatic carboxylic acids is 1. The van der Waals surface area contributed by atoms with Gasteiger partial charge in [0.25, 0.3) is 0 Å². The zero-order valence-corrected chi connectivity index (χ0v) is 13.7. The van der Waals surface area contributed by atoms with Crippen LogP contribution in [-0.2, 0) is 16.0 Å². The fraction of sp³-hybridized carbons (Fsp3) is 0.529. The van der Waals surface area contributed by atoms with Crippen LogP contribution in [0.15, 0.2) is 24.3 Å². The van der Waals surface area contributed by atoms with E-state index >= 15 is 0 Å². The van der Waals surface area contributed by atoms with Gasteiger partial charge in [0.05, 0.1) is 13.2 Å². The molecule has 2 aliphatic rings. The van der Waals surface area contributed by atoms with E-state index in [1.807, 2.05) is 24.3 Å². The summed E-state index contributed by atoms with van der Waals surface area (Å²) in [5.41, 5.74) is 0.134. The average molecular weight is 334 g/mol. The fourth-order valence-electron chi connectivity index (χ4n) is 3.36. The van der Waals surface area contributed by atoms with Crippen LogP contribution < -0.4 is 10.1 Å². The maximum absolute atomic E-state index is 12.3. The summed E-state index contributed by atoms with van der Waals surface area (Å²) in [6.07, 6.45) is 1.07. The van der Waals surface area contributed by atoms with E-state index in [2.05, 4.69) is 5.32 Å². The van der Waals surface area contributed by atoms with E-state index in [1.54, 1.807) is 0 Å². The normalized spacial score (nSPS) is 25.2. The van der Waals surface area contributed by atoms with Crippen molar-refractivity contribution in [3.63, 3.8) is 0 Å². The van der Waals surface area contributed by atoms with Crippen molar-refractivity contribution in [2.24, 2.45) is 5.41 Å². The number of fused-ring (bicyclic) bond motifs is 1. The molecule has 7 heteroatoms. The van der Waals surface area contributed by atoms with Crippen LogP contribution in [0.1, 0.15) is 12.0 Å². The number of nitrogens with zero attached hydrogens (tertiary/aromatic N) is 1. The van der Waals surface area contributed by atoms with Gasteiger partial charge in [0.15, 0.2) is 0 Å². The van der Waals surface area contributed by atoms with Crippen LogP contribution in [0, 0.1) is 5.41 Å². The molecule has 2 unspecified atom stereocenters. The van der Waals surface area contributed by atoms with Gasteiger partial charge in [-0.05, 0) is 18.1 Å². The Bertz CT molecular complexity index is 610. The molecular formula is C17H22N2O5. The van der Waals surface area contributed by atoms with Gasteiger partial charge in [-0.1, -0.05) is 18.2 Å². The van der Waals surface area contributed by atoms with Crippen LogP contribution in [0.25, 0.3) is 0 Å². The molecular weight excluding hydrogens is 312 g/mol. The molecule has 0 aromatic heterocycles. The number of ether oxygens (including phenoxy) is 2. The standard InChI is InChI=1S/C17H22N2O5/c1-23-11-17(15(20)21)6-7-19(10-17)16(22)18-9-13-8-12-4-2-3-5-14(12)24-13/h2-5,13H,6-11H2,1H3,(H,18,22)(H,20,21). The molecule has 7 nitrogen and oxygen atoms in total. The minimum Gasteiger partial charge on any atom is -0.488 e. The third-order valence-electron chi connectivity index (χ3n) is 4.71. The lowest BCUT2D eigenvalue weighted by atomic mass is 9.88. The summed E-state index contributed by atoms with van der Waals surface area (Å²) < 4.78 is 10.8. The van der Waals surface area contributed by atoms with Gasteiger partial charge in [0.1, 0.15) is 17.3 Å². The van der Waals surface area contributed by atoms with Gasteiger partial charge >= 0.3 is 12.0 Å². The Hall–Kier alpha value is -2.28. The molecule has 24 heavy (non-hydrogen) atoms. The quantitative estimate of drug-likeness (QED) is 0.842. The maximum atomic E-state index is 12.3. The monoisotopic (exact) mass is 334 g/mol. The van der Waals surface area contributed by atoms with Crippen molar-refractivity contribution < 1.29 is 24.2 Å². The Morgan fingerprint density at radius 1 is 1.46 bits per heavy atom. The van der Waals surface area contributed by atoms with Crippen LogP contribution in [0.4, 0.5) is 4.79 Å². The van der Waals surface area contributed by atoms with E-state index in [4.69, 9.17) is 9.47 Å². The Kier molecular flexibility index (Phi) is 4.62. The van der Waals surface area contributed by atoms with Gasteiger partial charge in [0.2, 0.25) is 0 Å². The molecule has 1 aromatic rings. The zero-order valence-electron chi connectivity index (χ0n) is 13.7. The van der Waals surface area contributed by atoms with Gasteiger partial charge in [-0.15, -0.1) is 0 Å². The highest BCUT2D eigenvalue weighted by atomic mass is 16.5. The number of carbonyl (C=O) groups excluding carboxylic acids is 1. The SMILES string of the molecule is COCC1(C(=O)O)CCN(C(=O)NCC2Cc3ccccc3O2)C1. The molecule has 130 valence electrons. The van der Waals surface area contributed by atoms with E-state index in [1.165, 1.54) is 12.0 Å². The third-order valence-corrected chi connectivity index (χ3v) is 4.71. The molecule has 0 saturated carbocycles. The summed E-state index contributed by atoms with van der Waals surface area (Å²) >= 11 is 0. The van der Waals surface area contributed by atoms with Gasteiger partial charge in [-0.2, -0.15) is 0 Å². The summed E-state index contributed by atoms with van der Waals surface area (Å²) in [6, 6.07) is 7.57. The van der Waals surface area contributed by atoms with Crippen LogP contribution >= 0.6 is 0 Å². The number of rotatable bonds is 5. The molecule has 0 aliphatic carbocycles. The minimum atomic E-state index is -1.01. The first kappa shape index (κ1) is 16.6. The second-order valence-corrected chi connectivity index (χ2v) is 6.43. The number of nitrogens with one attached hydrogen (secondary N) is 1.